The van der Waals surface area contributed by atoms with Crippen LogP contribution in [0.2, 0.25) is 0 Å². The first-order valence-corrected chi connectivity index (χ1v) is 8.54. The quantitative estimate of drug-likeness (QED) is 0.680. The molecule has 0 N–H and O–H groups in total. The summed E-state index contributed by atoms with van der Waals surface area (Å²) in [5.74, 6) is 0. The molecule has 0 unspecified atom stereocenters. The van der Waals surface area contributed by atoms with Crippen molar-refractivity contribution in [2.75, 3.05) is 40.3 Å². The zero-order chi connectivity index (χ0) is 17.0. The molecule has 2 aromatic rings. The van der Waals surface area contributed by atoms with Crippen LogP contribution >= 0.6 is 0 Å². The lowest BCUT2D eigenvalue weighted by atomic mass is 10.2. The third-order valence-electron chi connectivity index (χ3n) is 3.81. The second kappa shape index (κ2) is 10.6. The highest BCUT2D eigenvalue weighted by atomic mass is 15.2. The second-order valence-electron chi connectivity index (χ2n) is 6.19. The van der Waals surface area contributed by atoms with Gasteiger partial charge in [-0.05, 0) is 25.2 Å². The number of rotatable bonds is 9. The molecule has 0 radical (unpaired) electrons. The molecule has 0 atom stereocenters. The zero-order valence-corrected chi connectivity index (χ0v) is 14.8. The van der Waals surface area contributed by atoms with Gasteiger partial charge >= 0.3 is 0 Å². The molecule has 2 aromatic carbocycles. The van der Waals surface area contributed by atoms with Crippen LogP contribution < -0.4 is 0 Å². The molecule has 0 aromatic heterocycles. The van der Waals surface area contributed by atoms with Crippen LogP contribution in [0.5, 0.6) is 0 Å². The van der Waals surface area contributed by atoms with E-state index < -0.39 is 0 Å². The Morgan fingerprint density at radius 2 is 1.12 bits per heavy atom. The zero-order valence-electron chi connectivity index (χ0n) is 14.8. The molecule has 0 amide bonds. The molecule has 0 aliphatic heterocycles. The highest BCUT2D eigenvalue weighted by molar-refractivity contribution is 5.49. The summed E-state index contributed by atoms with van der Waals surface area (Å²) in [7, 11) is 4.25. The Morgan fingerprint density at radius 3 is 1.54 bits per heavy atom. The van der Waals surface area contributed by atoms with Crippen LogP contribution in [0, 0.1) is 0 Å². The topological polar surface area (TPSA) is 6.48 Å². The summed E-state index contributed by atoms with van der Waals surface area (Å²) in [6.45, 7) is 4.05. The Balaban J connectivity index is 1.88. The van der Waals surface area contributed by atoms with E-state index in [0.29, 0.717) is 0 Å². The van der Waals surface area contributed by atoms with E-state index in [1.54, 1.807) is 0 Å². The molecule has 2 heteroatoms. The first-order chi connectivity index (χ1) is 11.7. The van der Waals surface area contributed by atoms with Crippen LogP contribution in [-0.2, 0) is 0 Å². The number of hydrogen-bond donors (Lipinski definition) is 0. The average molecular weight is 320 g/mol. The molecule has 0 aliphatic rings. The van der Waals surface area contributed by atoms with Gasteiger partial charge in [0.05, 0.1) is 0 Å². The number of nitrogens with zero attached hydrogens (tertiary/aromatic N) is 2. The Hall–Kier alpha value is -2.16. The molecule has 0 spiro atoms. The van der Waals surface area contributed by atoms with Gasteiger partial charge in [0.25, 0.3) is 0 Å². The molecule has 24 heavy (non-hydrogen) atoms. The maximum atomic E-state index is 2.46. The van der Waals surface area contributed by atoms with Gasteiger partial charge in [0.2, 0.25) is 0 Å². The fourth-order valence-electron chi connectivity index (χ4n) is 2.40. The number of likely N-dealkylation sites (N-methyl/N-ethyl adjacent to an activating group) is 1. The van der Waals surface area contributed by atoms with E-state index in [4.69, 9.17) is 0 Å². The number of benzene rings is 2. The fourth-order valence-corrected chi connectivity index (χ4v) is 2.40. The molecule has 0 bridgehead atoms. The molecule has 0 saturated carbocycles. The van der Waals surface area contributed by atoms with E-state index in [1.807, 2.05) is 0 Å². The molecular weight excluding hydrogens is 292 g/mol. The van der Waals surface area contributed by atoms with Crippen molar-refractivity contribution in [2.24, 2.45) is 0 Å². The normalized spacial score (nSPS) is 12.0. The van der Waals surface area contributed by atoms with Crippen molar-refractivity contribution in [3.05, 3.63) is 83.9 Å². The minimum absolute atomic E-state index is 0.960. The monoisotopic (exact) mass is 320 g/mol. The predicted octanol–water partition coefficient (Wildman–Crippen LogP) is 4.28. The van der Waals surface area contributed by atoms with Gasteiger partial charge in [0.1, 0.15) is 0 Å². The predicted molar refractivity (Wildman–Crippen MR) is 106 cm³/mol. The first kappa shape index (κ1) is 18.2. The van der Waals surface area contributed by atoms with Crippen LogP contribution in [0.15, 0.2) is 72.8 Å². The van der Waals surface area contributed by atoms with Crippen molar-refractivity contribution < 1.29 is 0 Å². The van der Waals surface area contributed by atoms with Gasteiger partial charge in [-0.25, -0.2) is 0 Å². The van der Waals surface area contributed by atoms with E-state index in [-0.39, 0.29) is 0 Å². The molecule has 0 aliphatic carbocycles. The Kier molecular flexibility index (Phi) is 8.02. The summed E-state index contributed by atoms with van der Waals surface area (Å²) in [5, 5.41) is 0. The van der Waals surface area contributed by atoms with Crippen LogP contribution in [-0.4, -0.2) is 50.1 Å². The average Bonchev–Trinajstić information content (AvgIpc) is 2.61. The van der Waals surface area contributed by atoms with Gasteiger partial charge in [0, 0.05) is 26.2 Å². The maximum Gasteiger partial charge on any atom is 0.0170 e. The van der Waals surface area contributed by atoms with Crippen LogP contribution in [0.1, 0.15) is 11.1 Å². The molecule has 2 rings (SSSR count). The largest absolute Gasteiger partial charge is 0.308 e. The van der Waals surface area contributed by atoms with Crippen molar-refractivity contribution in [2.45, 2.75) is 0 Å². The summed E-state index contributed by atoms with van der Waals surface area (Å²) >= 11 is 0. The van der Waals surface area contributed by atoms with Gasteiger partial charge in [-0.15, -0.1) is 0 Å². The third kappa shape index (κ3) is 7.40. The van der Waals surface area contributed by atoms with Gasteiger partial charge < -0.3 is 4.90 Å². The fraction of sp³-hybridized carbons (Fsp3) is 0.273. The van der Waals surface area contributed by atoms with E-state index in [0.717, 1.165) is 26.2 Å². The minimum atomic E-state index is 0.960. The summed E-state index contributed by atoms with van der Waals surface area (Å²) in [4.78, 5) is 4.69. The first-order valence-electron chi connectivity index (χ1n) is 8.54. The van der Waals surface area contributed by atoms with Crippen molar-refractivity contribution in [1.29, 1.82) is 0 Å². The van der Waals surface area contributed by atoms with Gasteiger partial charge in [-0.3, -0.25) is 4.90 Å². The van der Waals surface area contributed by atoms with Crippen LogP contribution in [0.3, 0.4) is 0 Å². The Labute approximate surface area is 146 Å². The summed E-state index contributed by atoms with van der Waals surface area (Å²) < 4.78 is 0. The van der Waals surface area contributed by atoms with Gasteiger partial charge in [-0.2, -0.15) is 0 Å². The molecule has 0 saturated heterocycles. The molecule has 2 nitrogen and oxygen atoms in total. The Morgan fingerprint density at radius 1 is 0.667 bits per heavy atom. The lowest BCUT2D eigenvalue weighted by molar-refractivity contribution is 0.282. The standard InChI is InChI=1S/C22H28N2/c1-23(2)19-20-24(17-9-15-21-11-5-3-6-12-21)18-10-16-22-13-7-4-8-14-22/h3-16H,17-20H2,1-2H3. The number of hydrogen-bond acceptors (Lipinski definition) is 2. The Bertz CT molecular complexity index is 563. The summed E-state index contributed by atoms with van der Waals surface area (Å²) in [5.41, 5.74) is 2.51. The summed E-state index contributed by atoms with van der Waals surface area (Å²) in [6.07, 6.45) is 8.90. The third-order valence-corrected chi connectivity index (χ3v) is 3.81. The lowest BCUT2D eigenvalue weighted by Crippen LogP contribution is -2.32. The van der Waals surface area contributed by atoms with Crippen LogP contribution in [0.25, 0.3) is 12.2 Å². The highest BCUT2D eigenvalue weighted by Gasteiger charge is 2.01. The second-order valence-corrected chi connectivity index (χ2v) is 6.19. The maximum absolute atomic E-state index is 2.46. The van der Waals surface area contributed by atoms with E-state index in [2.05, 4.69) is 109 Å². The minimum Gasteiger partial charge on any atom is -0.308 e. The van der Waals surface area contributed by atoms with E-state index in [1.165, 1.54) is 11.1 Å². The summed E-state index contributed by atoms with van der Waals surface area (Å²) in [6, 6.07) is 20.9. The van der Waals surface area contributed by atoms with Gasteiger partial charge in [0.15, 0.2) is 0 Å². The molecule has 0 fully saturated rings. The van der Waals surface area contributed by atoms with E-state index >= 15 is 0 Å². The SMILES string of the molecule is CN(C)CCN(CC=Cc1ccccc1)CC=Cc1ccccc1. The van der Waals surface area contributed by atoms with E-state index in [9.17, 15) is 0 Å². The molecule has 126 valence electrons. The molecule has 0 heterocycles. The van der Waals surface area contributed by atoms with Crippen LogP contribution in [0.4, 0.5) is 0 Å². The van der Waals surface area contributed by atoms with Crippen molar-refractivity contribution in [3.8, 4) is 0 Å². The highest BCUT2D eigenvalue weighted by Crippen LogP contribution is 2.03. The van der Waals surface area contributed by atoms with Crippen molar-refractivity contribution >= 4 is 12.2 Å². The lowest BCUT2D eigenvalue weighted by Gasteiger charge is -2.21. The van der Waals surface area contributed by atoms with Crippen molar-refractivity contribution in [3.63, 3.8) is 0 Å². The molecular formula is C22H28N2. The van der Waals surface area contributed by atoms with Gasteiger partial charge in [-0.1, -0.05) is 85.0 Å². The van der Waals surface area contributed by atoms with Crippen molar-refractivity contribution in [1.82, 2.24) is 9.80 Å². The smallest absolute Gasteiger partial charge is 0.0170 e.